The van der Waals surface area contributed by atoms with Crippen LogP contribution in [-0.2, 0) is 9.59 Å². The van der Waals surface area contributed by atoms with E-state index in [1.54, 1.807) is 22.9 Å². The highest BCUT2D eigenvalue weighted by atomic mass is 16.5. The highest BCUT2D eigenvalue weighted by Crippen LogP contribution is 2.40. The van der Waals surface area contributed by atoms with E-state index in [4.69, 9.17) is 4.74 Å². The first-order valence-electron chi connectivity index (χ1n) is 11.8. The third-order valence-electron chi connectivity index (χ3n) is 6.46. The summed E-state index contributed by atoms with van der Waals surface area (Å²) >= 11 is 0. The number of methoxy groups -OCH3 is 1. The number of aliphatic hydroxyl groups excluding tert-OH is 1. The van der Waals surface area contributed by atoms with Gasteiger partial charge in [0, 0.05) is 31.1 Å². The maximum absolute atomic E-state index is 13.8. The van der Waals surface area contributed by atoms with Crippen molar-refractivity contribution in [3.8, 4) is 5.88 Å². The van der Waals surface area contributed by atoms with Gasteiger partial charge in [-0.25, -0.2) is 9.67 Å². The molecule has 1 aliphatic carbocycles. The maximum atomic E-state index is 13.8. The molecule has 184 valence electrons. The molecule has 0 spiro atoms. The Morgan fingerprint density at radius 2 is 2.00 bits per heavy atom. The average Bonchev–Trinajstić information content (AvgIpc) is 3.39. The van der Waals surface area contributed by atoms with Gasteiger partial charge in [0.2, 0.25) is 17.7 Å². The number of carbonyl (C=O) groups excluding carboxylic acids is 2. The molecule has 4 atom stereocenters. The normalized spacial score (nSPS) is 22.4. The lowest BCUT2D eigenvalue weighted by molar-refractivity contribution is -0.144. The van der Waals surface area contributed by atoms with Crippen LogP contribution in [0.2, 0.25) is 0 Å². The van der Waals surface area contributed by atoms with Crippen molar-refractivity contribution < 1.29 is 19.4 Å². The topological polar surface area (TPSA) is 122 Å². The molecule has 34 heavy (non-hydrogen) atoms. The molecule has 1 saturated heterocycles. The average molecular weight is 471 g/mol. The van der Waals surface area contributed by atoms with Crippen LogP contribution in [0.25, 0.3) is 0 Å². The first-order valence-corrected chi connectivity index (χ1v) is 11.8. The van der Waals surface area contributed by atoms with E-state index in [0.717, 1.165) is 18.5 Å². The number of likely N-dealkylation sites (tertiary alicyclic amines) is 1. The molecular weight excluding hydrogens is 436 g/mol. The Labute approximate surface area is 199 Å². The van der Waals surface area contributed by atoms with Crippen molar-refractivity contribution in [3.05, 3.63) is 35.8 Å². The van der Waals surface area contributed by atoms with Gasteiger partial charge in [-0.3, -0.25) is 9.59 Å². The minimum absolute atomic E-state index is 0.0967. The number of hydrogen-bond acceptors (Lipinski definition) is 7. The monoisotopic (exact) mass is 470 g/mol. The summed E-state index contributed by atoms with van der Waals surface area (Å²) in [7, 11) is 1.53. The van der Waals surface area contributed by atoms with Crippen LogP contribution in [0.15, 0.2) is 24.4 Å². The standard InChI is InChI=1S/C24H34N6O4/c1-14(17-7-6-8-20(26-17)34-5)25-22(32)19-11-16(31)12-29(19)23(33)21(24(2,3)4)30-13-18(27-28-30)15-9-10-15/h6-8,13-16,19,21,31H,9-12H2,1-5H3,(H,25,32)/t14?,16-,19+,21-/m1/s1. The number of β-amino-alcohol motifs (C(OH)–C–C–N with tert-alkyl or cyclic N) is 1. The second-order valence-electron chi connectivity index (χ2n) is 10.4. The quantitative estimate of drug-likeness (QED) is 0.634. The fourth-order valence-corrected chi connectivity index (χ4v) is 4.50. The first-order chi connectivity index (χ1) is 16.1. The first kappa shape index (κ1) is 24.1. The van der Waals surface area contributed by atoms with Crippen molar-refractivity contribution in [2.24, 2.45) is 5.41 Å². The SMILES string of the molecule is COc1cccc(C(C)NC(=O)[C@@H]2C[C@@H](O)CN2C(=O)[C@@H](n2cc(C3CC3)nn2)C(C)(C)C)n1. The molecule has 1 saturated carbocycles. The van der Waals surface area contributed by atoms with Gasteiger partial charge >= 0.3 is 0 Å². The molecule has 4 rings (SSSR count). The molecule has 2 fully saturated rings. The molecule has 3 heterocycles. The fourth-order valence-electron chi connectivity index (χ4n) is 4.50. The number of ether oxygens (including phenoxy) is 1. The van der Waals surface area contributed by atoms with Gasteiger partial charge in [-0.2, -0.15) is 0 Å². The molecule has 2 aromatic heterocycles. The fraction of sp³-hybridized carbons (Fsp3) is 0.625. The van der Waals surface area contributed by atoms with Crippen LogP contribution in [0.3, 0.4) is 0 Å². The summed E-state index contributed by atoms with van der Waals surface area (Å²) in [5, 5.41) is 21.9. The zero-order chi connectivity index (χ0) is 24.6. The largest absolute Gasteiger partial charge is 0.481 e. The van der Waals surface area contributed by atoms with Crippen LogP contribution < -0.4 is 10.1 Å². The Bertz CT molecular complexity index is 1040. The Hall–Kier alpha value is -3.01. The lowest BCUT2D eigenvalue weighted by atomic mass is 9.85. The Kier molecular flexibility index (Phi) is 6.62. The number of carbonyl (C=O) groups is 2. The highest BCUT2D eigenvalue weighted by molar-refractivity contribution is 5.90. The number of nitrogens with zero attached hydrogens (tertiary/aromatic N) is 5. The Balaban J connectivity index is 1.53. The number of amides is 2. The van der Waals surface area contributed by atoms with Crippen molar-refractivity contribution in [2.75, 3.05) is 13.7 Å². The molecule has 1 aliphatic heterocycles. The molecule has 2 aromatic rings. The van der Waals surface area contributed by atoms with E-state index >= 15 is 0 Å². The van der Waals surface area contributed by atoms with E-state index in [1.807, 2.05) is 33.9 Å². The second kappa shape index (κ2) is 9.32. The van der Waals surface area contributed by atoms with Gasteiger partial charge in [0.1, 0.15) is 12.1 Å². The maximum Gasteiger partial charge on any atom is 0.248 e. The van der Waals surface area contributed by atoms with Gasteiger partial charge in [0.15, 0.2) is 0 Å². The smallest absolute Gasteiger partial charge is 0.248 e. The lowest BCUT2D eigenvalue weighted by Gasteiger charge is -2.34. The molecule has 2 amide bonds. The molecule has 0 aromatic carbocycles. The van der Waals surface area contributed by atoms with Gasteiger partial charge in [0.05, 0.1) is 30.6 Å². The molecule has 2 aliphatic rings. The minimum atomic E-state index is -0.785. The molecule has 2 N–H and O–H groups in total. The van der Waals surface area contributed by atoms with Gasteiger partial charge in [-0.1, -0.05) is 32.1 Å². The predicted molar refractivity (Wildman–Crippen MR) is 124 cm³/mol. The molecule has 0 bridgehead atoms. The number of aromatic nitrogens is 4. The van der Waals surface area contributed by atoms with Gasteiger partial charge in [-0.15, -0.1) is 5.10 Å². The lowest BCUT2D eigenvalue weighted by Crippen LogP contribution is -2.50. The minimum Gasteiger partial charge on any atom is -0.481 e. The van der Waals surface area contributed by atoms with Crippen LogP contribution in [0.1, 0.15) is 76.3 Å². The van der Waals surface area contributed by atoms with Crippen LogP contribution in [-0.4, -0.2) is 67.6 Å². The Morgan fingerprint density at radius 1 is 1.26 bits per heavy atom. The third kappa shape index (κ3) is 5.06. The summed E-state index contributed by atoms with van der Waals surface area (Å²) in [6.07, 6.45) is 3.44. The van der Waals surface area contributed by atoms with E-state index in [2.05, 4.69) is 20.6 Å². The summed E-state index contributed by atoms with van der Waals surface area (Å²) in [6, 6.07) is 3.51. The predicted octanol–water partition coefficient (Wildman–Crippen LogP) is 1.99. The number of pyridine rings is 1. The summed E-state index contributed by atoms with van der Waals surface area (Å²) < 4.78 is 6.79. The van der Waals surface area contributed by atoms with E-state index in [9.17, 15) is 14.7 Å². The summed E-state index contributed by atoms with van der Waals surface area (Å²) in [6.45, 7) is 7.81. The molecule has 0 radical (unpaired) electrons. The Morgan fingerprint density at radius 3 is 2.65 bits per heavy atom. The van der Waals surface area contributed by atoms with Gasteiger partial charge < -0.3 is 20.1 Å². The van der Waals surface area contributed by atoms with Crippen LogP contribution >= 0.6 is 0 Å². The van der Waals surface area contributed by atoms with Gasteiger partial charge in [-0.05, 0) is 31.2 Å². The van der Waals surface area contributed by atoms with Crippen molar-refractivity contribution in [1.82, 2.24) is 30.2 Å². The summed E-state index contributed by atoms with van der Waals surface area (Å²) in [5.74, 6) is 0.303. The number of aliphatic hydroxyl groups is 1. The summed E-state index contributed by atoms with van der Waals surface area (Å²) in [4.78, 5) is 32.9. The second-order valence-corrected chi connectivity index (χ2v) is 10.4. The summed E-state index contributed by atoms with van der Waals surface area (Å²) in [5.41, 5.74) is 1.07. The zero-order valence-electron chi connectivity index (χ0n) is 20.4. The number of hydrogen-bond donors (Lipinski definition) is 2. The van der Waals surface area contributed by atoms with Crippen LogP contribution in [0, 0.1) is 5.41 Å². The molecule has 10 nitrogen and oxygen atoms in total. The van der Waals surface area contributed by atoms with Crippen LogP contribution in [0.5, 0.6) is 5.88 Å². The van der Waals surface area contributed by atoms with Gasteiger partial charge in [0.25, 0.3) is 0 Å². The molecule has 1 unspecified atom stereocenters. The third-order valence-corrected chi connectivity index (χ3v) is 6.46. The molecular formula is C24H34N6O4. The number of nitrogens with one attached hydrogen (secondary N) is 1. The van der Waals surface area contributed by atoms with Crippen molar-refractivity contribution in [3.63, 3.8) is 0 Å². The van der Waals surface area contributed by atoms with Crippen LogP contribution in [0.4, 0.5) is 0 Å². The van der Waals surface area contributed by atoms with E-state index in [0.29, 0.717) is 17.5 Å². The van der Waals surface area contributed by atoms with Crippen molar-refractivity contribution in [1.29, 1.82) is 0 Å². The van der Waals surface area contributed by atoms with E-state index in [1.165, 1.54) is 12.0 Å². The highest BCUT2D eigenvalue weighted by Gasteiger charge is 2.45. The van der Waals surface area contributed by atoms with Crippen molar-refractivity contribution in [2.45, 2.75) is 77.1 Å². The zero-order valence-corrected chi connectivity index (χ0v) is 20.4. The van der Waals surface area contributed by atoms with E-state index < -0.39 is 29.6 Å². The number of rotatable bonds is 7. The van der Waals surface area contributed by atoms with E-state index in [-0.39, 0.29) is 24.8 Å². The molecule has 10 heteroatoms. The van der Waals surface area contributed by atoms with Crippen molar-refractivity contribution >= 4 is 11.8 Å².